The number of phenols is 1. The summed E-state index contributed by atoms with van der Waals surface area (Å²) in [5, 5.41) is 21.0. The quantitative estimate of drug-likeness (QED) is 0.776. The molecule has 2 rings (SSSR count). The molecule has 1 fully saturated rings. The fourth-order valence-electron chi connectivity index (χ4n) is 2.39. The number of nitrogens with one attached hydrogen (secondary N) is 1. The van der Waals surface area contributed by atoms with Crippen LogP contribution >= 0.6 is 0 Å². The maximum absolute atomic E-state index is 12.2. The first-order chi connectivity index (χ1) is 9.89. The third-order valence-electron chi connectivity index (χ3n) is 3.93. The van der Waals surface area contributed by atoms with Crippen LogP contribution in [0.25, 0.3) is 0 Å². The maximum atomic E-state index is 12.2. The van der Waals surface area contributed by atoms with Crippen LogP contribution in [-0.2, 0) is 4.79 Å². The Kier molecular flexibility index (Phi) is 4.35. The number of phenolic OH excluding ortho intramolecular Hbond substituents is 1. The van der Waals surface area contributed by atoms with Gasteiger partial charge in [-0.2, -0.15) is 0 Å². The van der Waals surface area contributed by atoms with Crippen molar-refractivity contribution in [2.75, 3.05) is 18.0 Å². The lowest BCUT2D eigenvalue weighted by atomic mass is 9.70. The zero-order valence-electron chi connectivity index (χ0n) is 12.0. The molecule has 0 aromatic heterocycles. The van der Waals surface area contributed by atoms with Crippen molar-refractivity contribution in [3.63, 3.8) is 0 Å². The smallest absolute Gasteiger partial charge is 0.323 e. The molecule has 0 saturated heterocycles. The molecule has 0 aliphatic heterocycles. The summed E-state index contributed by atoms with van der Waals surface area (Å²) in [4.78, 5) is 24.3. The fourth-order valence-corrected chi connectivity index (χ4v) is 2.39. The molecule has 1 saturated carbocycles. The zero-order chi connectivity index (χ0) is 15.5. The van der Waals surface area contributed by atoms with Crippen molar-refractivity contribution >= 4 is 17.7 Å². The summed E-state index contributed by atoms with van der Waals surface area (Å²) in [5.74, 6) is -1.02. The molecule has 0 unspecified atom stereocenters. The lowest BCUT2D eigenvalue weighted by Gasteiger charge is -2.38. The summed E-state index contributed by atoms with van der Waals surface area (Å²) in [6.07, 6.45) is 3.32. The van der Waals surface area contributed by atoms with Crippen molar-refractivity contribution in [2.45, 2.75) is 26.2 Å². The Morgan fingerprint density at radius 2 is 1.90 bits per heavy atom. The number of amides is 2. The van der Waals surface area contributed by atoms with E-state index in [0.717, 1.165) is 17.7 Å². The van der Waals surface area contributed by atoms with Crippen LogP contribution in [0.4, 0.5) is 10.5 Å². The molecule has 6 heteroatoms. The van der Waals surface area contributed by atoms with Gasteiger partial charge in [-0.15, -0.1) is 0 Å². The van der Waals surface area contributed by atoms with Crippen molar-refractivity contribution < 1.29 is 19.8 Å². The van der Waals surface area contributed by atoms with Crippen LogP contribution in [0.1, 0.15) is 26.2 Å². The van der Waals surface area contributed by atoms with Gasteiger partial charge in [0.05, 0.1) is 0 Å². The van der Waals surface area contributed by atoms with E-state index < -0.39 is 18.5 Å². The van der Waals surface area contributed by atoms with Gasteiger partial charge >= 0.3 is 12.0 Å². The molecule has 3 N–H and O–H groups in total. The van der Waals surface area contributed by atoms with Crippen molar-refractivity contribution in [2.24, 2.45) is 5.41 Å². The predicted octanol–water partition coefficient (Wildman–Crippen LogP) is 2.18. The average Bonchev–Trinajstić information content (AvgIpc) is 2.41. The minimum Gasteiger partial charge on any atom is -0.508 e. The lowest BCUT2D eigenvalue weighted by Crippen LogP contribution is -2.47. The van der Waals surface area contributed by atoms with Gasteiger partial charge in [0.25, 0.3) is 0 Å². The van der Waals surface area contributed by atoms with Gasteiger partial charge in [-0.3, -0.25) is 9.69 Å². The summed E-state index contributed by atoms with van der Waals surface area (Å²) in [6, 6.07) is 5.44. The van der Waals surface area contributed by atoms with Crippen LogP contribution in [-0.4, -0.2) is 35.3 Å². The van der Waals surface area contributed by atoms with E-state index in [1.807, 2.05) is 0 Å². The Labute approximate surface area is 123 Å². The first kappa shape index (κ1) is 15.2. The van der Waals surface area contributed by atoms with Gasteiger partial charge in [0.15, 0.2) is 0 Å². The highest BCUT2D eigenvalue weighted by molar-refractivity contribution is 5.96. The summed E-state index contributed by atoms with van der Waals surface area (Å²) in [7, 11) is 0. The number of anilines is 1. The van der Waals surface area contributed by atoms with Crippen molar-refractivity contribution in [1.82, 2.24) is 5.32 Å². The van der Waals surface area contributed by atoms with Crippen LogP contribution in [0, 0.1) is 5.41 Å². The maximum Gasteiger partial charge on any atom is 0.323 e. The number of carboxylic acids is 1. The number of nitrogens with zero attached hydrogens (tertiary/aromatic N) is 1. The number of hydrogen-bond acceptors (Lipinski definition) is 3. The SMILES string of the molecule is CC1(CNC(=O)N(CC(=O)O)c2ccc(O)cc2)CCC1. The van der Waals surface area contributed by atoms with Crippen LogP contribution in [0.3, 0.4) is 0 Å². The van der Waals surface area contributed by atoms with Crippen molar-refractivity contribution in [3.8, 4) is 5.75 Å². The van der Waals surface area contributed by atoms with Crippen molar-refractivity contribution in [3.05, 3.63) is 24.3 Å². The number of aliphatic carboxylic acids is 1. The Morgan fingerprint density at radius 3 is 2.38 bits per heavy atom. The molecule has 1 aliphatic rings. The van der Waals surface area contributed by atoms with Gasteiger partial charge in [-0.05, 0) is 42.5 Å². The second-order valence-electron chi connectivity index (χ2n) is 5.82. The van der Waals surface area contributed by atoms with E-state index >= 15 is 0 Å². The van der Waals surface area contributed by atoms with Crippen LogP contribution in [0.15, 0.2) is 24.3 Å². The van der Waals surface area contributed by atoms with E-state index in [0.29, 0.717) is 12.2 Å². The number of carboxylic acid groups (broad SMARTS) is 1. The van der Waals surface area contributed by atoms with Crippen LogP contribution in [0.5, 0.6) is 5.75 Å². The van der Waals surface area contributed by atoms with Gasteiger partial charge in [-0.1, -0.05) is 13.3 Å². The third kappa shape index (κ3) is 3.87. The second kappa shape index (κ2) is 6.03. The van der Waals surface area contributed by atoms with E-state index in [2.05, 4.69) is 12.2 Å². The fraction of sp³-hybridized carbons (Fsp3) is 0.467. The molecule has 114 valence electrons. The van der Waals surface area contributed by atoms with Gasteiger partial charge in [0, 0.05) is 12.2 Å². The molecule has 6 nitrogen and oxygen atoms in total. The van der Waals surface area contributed by atoms with E-state index in [1.54, 1.807) is 0 Å². The number of rotatable bonds is 5. The van der Waals surface area contributed by atoms with Gasteiger partial charge in [0.1, 0.15) is 12.3 Å². The normalized spacial score (nSPS) is 15.9. The molecule has 0 radical (unpaired) electrons. The minimum absolute atomic E-state index is 0.0661. The first-order valence-corrected chi connectivity index (χ1v) is 6.96. The van der Waals surface area contributed by atoms with E-state index in [4.69, 9.17) is 5.11 Å². The summed E-state index contributed by atoms with van der Waals surface area (Å²) < 4.78 is 0. The molecule has 0 heterocycles. The Balaban J connectivity index is 2.05. The monoisotopic (exact) mass is 292 g/mol. The van der Waals surface area contributed by atoms with Crippen molar-refractivity contribution in [1.29, 1.82) is 0 Å². The third-order valence-corrected chi connectivity index (χ3v) is 3.93. The number of benzene rings is 1. The van der Waals surface area contributed by atoms with Crippen LogP contribution in [0.2, 0.25) is 0 Å². The molecule has 0 spiro atoms. The summed E-state index contributed by atoms with van der Waals surface area (Å²) >= 11 is 0. The number of hydrogen-bond donors (Lipinski definition) is 3. The van der Waals surface area contributed by atoms with Gasteiger partial charge < -0.3 is 15.5 Å². The molecule has 1 aromatic carbocycles. The molecule has 0 bridgehead atoms. The molecule has 21 heavy (non-hydrogen) atoms. The van der Waals surface area contributed by atoms with Gasteiger partial charge in [-0.25, -0.2) is 4.79 Å². The molecular formula is C15H20N2O4. The number of carbonyl (C=O) groups is 2. The standard InChI is InChI=1S/C15H20N2O4/c1-15(7-2-8-15)10-16-14(21)17(9-13(19)20)11-3-5-12(18)6-4-11/h3-6,18H,2,7-10H2,1H3,(H,16,21)(H,19,20). The number of aromatic hydroxyl groups is 1. The highest BCUT2D eigenvalue weighted by Crippen LogP contribution is 2.39. The largest absolute Gasteiger partial charge is 0.508 e. The molecular weight excluding hydrogens is 272 g/mol. The lowest BCUT2D eigenvalue weighted by molar-refractivity contribution is -0.135. The predicted molar refractivity (Wildman–Crippen MR) is 78.4 cm³/mol. The highest BCUT2D eigenvalue weighted by Gasteiger charge is 2.32. The zero-order valence-corrected chi connectivity index (χ0v) is 12.0. The summed E-state index contributed by atoms with van der Waals surface area (Å²) in [5.41, 5.74) is 0.561. The molecule has 0 atom stereocenters. The highest BCUT2D eigenvalue weighted by atomic mass is 16.4. The molecule has 1 aliphatic carbocycles. The van der Waals surface area contributed by atoms with E-state index in [1.165, 1.54) is 30.7 Å². The van der Waals surface area contributed by atoms with E-state index in [-0.39, 0.29) is 11.2 Å². The van der Waals surface area contributed by atoms with Crippen LogP contribution < -0.4 is 10.2 Å². The van der Waals surface area contributed by atoms with Gasteiger partial charge in [0.2, 0.25) is 0 Å². The Bertz CT molecular complexity index is 523. The summed E-state index contributed by atoms with van der Waals surface area (Å²) in [6.45, 7) is 2.23. The number of urea groups is 1. The minimum atomic E-state index is -1.09. The Hall–Kier alpha value is -2.24. The average molecular weight is 292 g/mol. The molecule has 2 amide bonds. The topological polar surface area (TPSA) is 89.9 Å². The first-order valence-electron chi connectivity index (χ1n) is 6.96. The van der Waals surface area contributed by atoms with E-state index in [9.17, 15) is 14.7 Å². The Morgan fingerprint density at radius 1 is 1.29 bits per heavy atom. The second-order valence-corrected chi connectivity index (χ2v) is 5.82. The number of carbonyl (C=O) groups excluding carboxylic acids is 1. The molecule has 1 aromatic rings.